The number of methoxy groups -OCH3 is 1. The summed E-state index contributed by atoms with van der Waals surface area (Å²) in [6, 6.07) is 0.0225. The second-order valence-corrected chi connectivity index (χ2v) is 3.84. The molecule has 0 aliphatic carbocycles. The van der Waals surface area contributed by atoms with E-state index in [1.54, 1.807) is 0 Å². The van der Waals surface area contributed by atoms with Crippen LogP contribution in [0.4, 0.5) is 13.2 Å². The number of halogens is 3. The van der Waals surface area contributed by atoms with Gasteiger partial charge in [0.1, 0.15) is 23.5 Å². The largest absolute Gasteiger partial charge is 0.467 e. The van der Waals surface area contributed by atoms with Gasteiger partial charge in [0.2, 0.25) is 5.91 Å². The number of ether oxygens (including phenoxy) is 1. The molecule has 0 radical (unpaired) electrons. The summed E-state index contributed by atoms with van der Waals surface area (Å²) in [6.45, 7) is 1.36. The van der Waals surface area contributed by atoms with Crippen molar-refractivity contribution >= 4 is 11.9 Å². The topological polar surface area (TPSA) is 55.4 Å². The minimum atomic E-state index is -1.15. The molecular weight excluding hydrogens is 263 g/mol. The Balaban J connectivity index is 2.75. The van der Waals surface area contributed by atoms with Crippen molar-refractivity contribution in [3.8, 4) is 0 Å². The Bertz CT molecular complexity index is 482. The van der Waals surface area contributed by atoms with Crippen LogP contribution in [-0.2, 0) is 20.7 Å². The molecule has 1 atom stereocenters. The van der Waals surface area contributed by atoms with Gasteiger partial charge < -0.3 is 10.1 Å². The maximum Gasteiger partial charge on any atom is 0.328 e. The second kappa shape index (κ2) is 6.21. The summed E-state index contributed by atoms with van der Waals surface area (Å²) >= 11 is 0. The zero-order chi connectivity index (χ0) is 14.6. The predicted molar refractivity (Wildman–Crippen MR) is 59.6 cm³/mol. The van der Waals surface area contributed by atoms with Gasteiger partial charge in [0.15, 0.2) is 0 Å². The number of esters is 1. The van der Waals surface area contributed by atoms with E-state index in [0.29, 0.717) is 12.1 Å². The van der Waals surface area contributed by atoms with Crippen LogP contribution in [0.25, 0.3) is 0 Å². The molecule has 1 unspecified atom stereocenters. The fourth-order valence-corrected chi connectivity index (χ4v) is 1.43. The molecule has 0 aliphatic heterocycles. The van der Waals surface area contributed by atoms with Gasteiger partial charge in [-0.25, -0.2) is 18.0 Å². The van der Waals surface area contributed by atoms with E-state index >= 15 is 0 Å². The molecule has 0 aliphatic rings. The van der Waals surface area contributed by atoms with E-state index in [2.05, 4.69) is 10.1 Å². The molecule has 0 heterocycles. The van der Waals surface area contributed by atoms with E-state index in [9.17, 15) is 22.8 Å². The molecule has 1 amide bonds. The van der Waals surface area contributed by atoms with Gasteiger partial charge >= 0.3 is 5.97 Å². The molecule has 0 bridgehead atoms. The Morgan fingerprint density at radius 2 is 1.79 bits per heavy atom. The van der Waals surface area contributed by atoms with Crippen molar-refractivity contribution in [1.82, 2.24) is 5.32 Å². The lowest BCUT2D eigenvalue weighted by Crippen LogP contribution is -2.40. The fraction of sp³-hybridized carbons (Fsp3) is 0.333. The first-order valence-corrected chi connectivity index (χ1v) is 5.35. The van der Waals surface area contributed by atoms with Gasteiger partial charge in [-0.2, -0.15) is 0 Å². The molecule has 0 aromatic heterocycles. The molecule has 1 N–H and O–H groups in total. The quantitative estimate of drug-likeness (QED) is 0.843. The Morgan fingerprint density at radius 1 is 1.26 bits per heavy atom. The number of carbonyl (C=O) groups is 2. The summed E-state index contributed by atoms with van der Waals surface area (Å²) in [6.07, 6.45) is -0.640. The van der Waals surface area contributed by atoms with Crippen LogP contribution in [0.15, 0.2) is 12.1 Å². The minimum absolute atomic E-state index is 0.482. The summed E-state index contributed by atoms with van der Waals surface area (Å²) in [7, 11) is 1.14. The van der Waals surface area contributed by atoms with E-state index in [4.69, 9.17) is 0 Å². The summed E-state index contributed by atoms with van der Waals surface area (Å²) in [5.74, 6) is -4.84. The molecule has 0 saturated heterocycles. The van der Waals surface area contributed by atoms with Gasteiger partial charge in [0.05, 0.1) is 13.5 Å². The first-order valence-electron chi connectivity index (χ1n) is 5.35. The SMILES string of the molecule is COC(=O)C(C)NC(=O)Cc1c(F)cc(F)cc1F. The lowest BCUT2D eigenvalue weighted by atomic mass is 10.1. The minimum Gasteiger partial charge on any atom is -0.467 e. The third-order valence-corrected chi connectivity index (χ3v) is 2.38. The zero-order valence-corrected chi connectivity index (χ0v) is 10.3. The van der Waals surface area contributed by atoms with E-state index < -0.39 is 47.4 Å². The van der Waals surface area contributed by atoms with Gasteiger partial charge in [-0.3, -0.25) is 4.79 Å². The molecule has 0 spiro atoms. The summed E-state index contributed by atoms with van der Waals surface area (Å²) in [5.41, 5.74) is -0.559. The Labute approximate surface area is 107 Å². The molecule has 4 nitrogen and oxygen atoms in total. The van der Waals surface area contributed by atoms with Crippen LogP contribution in [0, 0.1) is 17.5 Å². The number of amides is 1. The van der Waals surface area contributed by atoms with Gasteiger partial charge in [-0.1, -0.05) is 0 Å². The first kappa shape index (κ1) is 15.0. The lowest BCUT2D eigenvalue weighted by Gasteiger charge is -2.12. The van der Waals surface area contributed by atoms with Crippen LogP contribution in [0.5, 0.6) is 0 Å². The predicted octanol–water partition coefficient (Wildman–Crippen LogP) is 1.32. The van der Waals surface area contributed by atoms with E-state index in [1.807, 2.05) is 0 Å². The summed E-state index contributed by atoms with van der Waals surface area (Å²) < 4.78 is 43.6. The molecule has 19 heavy (non-hydrogen) atoms. The number of nitrogens with one attached hydrogen (secondary N) is 1. The van der Waals surface area contributed by atoms with Gasteiger partial charge in [0.25, 0.3) is 0 Å². The van der Waals surface area contributed by atoms with Crippen molar-refractivity contribution in [1.29, 1.82) is 0 Å². The lowest BCUT2D eigenvalue weighted by molar-refractivity contribution is -0.144. The Hall–Kier alpha value is -2.05. The number of benzene rings is 1. The van der Waals surface area contributed by atoms with Gasteiger partial charge in [-0.15, -0.1) is 0 Å². The average Bonchev–Trinajstić information content (AvgIpc) is 2.32. The van der Waals surface area contributed by atoms with Crippen molar-refractivity contribution in [3.05, 3.63) is 35.1 Å². The molecule has 0 saturated carbocycles. The molecule has 0 fully saturated rings. The highest BCUT2D eigenvalue weighted by Crippen LogP contribution is 2.15. The normalized spacial score (nSPS) is 11.8. The molecule has 1 aromatic rings. The fourth-order valence-electron chi connectivity index (χ4n) is 1.43. The molecule has 7 heteroatoms. The van der Waals surface area contributed by atoms with E-state index in [0.717, 1.165) is 7.11 Å². The van der Waals surface area contributed by atoms with Gasteiger partial charge in [0, 0.05) is 17.7 Å². The third-order valence-electron chi connectivity index (χ3n) is 2.38. The number of hydrogen-bond acceptors (Lipinski definition) is 3. The third kappa shape index (κ3) is 3.97. The van der Waals surface area contributed by atoms with Crippen molar-refractivity contribution in [3.63, 3.8) is 0 Å². The van der Waals surface area contributed by atoms with Crippen molar-refractivity contribution in [2.75, 3.05) is 7.11 Å². The van der Waals surface area contributed by atoms with Crippen LogP contribution in [0.2, 0.25) is 0 Å². The van der Waals surface area contributed by atoms with Gasteiger partial charge in [-0.05, 0) is 6.92 Å². The van der Waals surface area contributed by atoms with E-state index in [-0.39, 0.29) is 0 Å². The van der Waals surface area contributed by atoms with Crippen molar-refractivity contribution in [2.24, 2.45) is 0 Å². The zero-order valence-electron chi connectivity index (χ0n) is 10.3. The Morgan fingerprint density at radius 3 is 2.26 bits per heavy atom. The maximum atomic E-state index is 13.3. The highest BCUT2D eigenvalue weighted by atomic mass is 19.1. The van der Waals surface area contributed by atoms with Crippen LogP contribution in [0.1, 0.15) is 12.5 Å². The standard InChI is InChI=1S/C12H12F3NO3/c1-6(12(18)19-2)16-11(17)5-8-9(14)3-7(13)4-10(8)15/h3-4,6H,5H2,1-2H3,(H,16,17). The summed E-state index contributed by atoms with van der Waals surface area (Å²) in [5, 5.41) is 2.21. The van der Waals surface area contributed by atoms with Crippen LogP contribution >= 0.6 is 0 Å². The number of carbonyl (C=O) groups excluding carboxylic acids is 2. The first-order chi connectivity index (χ1) is 8.85. The van der Waals surface area contributed by atoms with Crippen LogP contribution in [0.3, 0.4) is 0 Å². The molecule has 1 aromatic carbocycles. The summed E-state index contributed by atoms with van der Waals surface area (Å²) in [4.78, 5) is 22.5. The highest BCUT2D eigenvalue weighted by Gasteiger charge is 2.19. The molecule has 1 rings (SSSR count). The second-order valence-electron chi connectivity index (χ2n) is 3.84. The van der Waals surface area contributed by atoms with Crippen molar-refractivity contribution in [2.45, 2.75) is 19.4 Å². The van der Waals surface area contributed by atoms with Crippen LogP contribution < -0.4 is 5.32 Å². The van der Waals surface area contributed by atoms with Crippen molar-refractivity contribution < 1.29 is 27.5 Å². The average molecular weight is 275 g/mol. The smallest absolute Gasteiger partial charge is 0.328 e. The molecule has 104 valence electrons. The molecular formula is C12H12F3NO3. The highest BCUT2D eigenvalue weighted by molar-refractivity contribution is 5.85. The van der Waals surface area contributed by atoms with E-state index in [1.165, 1.54) is 6.92 Å². The number of rotatable bonds is 4. The maximum absolute atomic E-state index is 13.3. The Kier molecular flexibility index (Phi) is 4.91. The van der Waals surface area contributed by atoms with Crippen LogP contribution in [-0.4, -0.2) is 25.0 Å². The number of hydrogen-bond donors (Lipinski definition) is 1. The monoisotopic (exact) mass is 275 g/mol.